The number of aromatic nitrogens is 1. The van der Waals surface area contributed by atoms with Crippen molar-refractivity contribution >= 4 is 16.9 Å². The minimum absolute atomic E-state index is 0.0917. The molecular weight excluding hydrogens is 276 g/mol. The summed E-state index contributed by atoms with van der Waals surface area (Å²) in [6, 6.07) is 7.38. The van der Waals surface area contributed by atoms with Crippen molar-refractivity contribution in [3.63, 3.8) is 0 Å². The van der Waals surface area contributed by atoms with Gasteiger partial charge in [0.05, 0.1) is 0 Å². The smallest absolute Gasteiger partial charge is 0.324 e. The minimum atomic E-state index is -0.682. The summed E-state index contributed by atoms with van der Waals surface area (Å²) in [4.78, 5) is 15.6. The lowest BCUT2D eigenvalue weighted by Gasteiger charge is -2.29. The monoisotopic (exact) mass is 302 g/mol. The zero-order chi connectivity index (χ0) is 16.5. The third-order valence-electron chi connectivity index (χ3n) is 3.76. The number of esters is 1. The summed E-state index contributed by atoms with van der Waals surface area (Å²) in [5.41, 5.74) is 7.86. The van der Waals surface area contributed by atoms with Crippen molar-refractivity contribution in [2.24, 2.45) is 11.7 Å². The molecule has 0 saturated carbocycles. The van der Waals surface area contributed by atoms with Crippen LogP contribution in [-0.2, 0) is 9.53 Å². The highest BCUT2D eigenvalue weighted by Gasteiger charge is 2.33. The Morgan fingerprint density at radius 2 is 1.86 bits per heavy atom. The summed E-state index contributed by atoms with van der Waals surface area (Å²) in [7, 11) is 0. The van der Waals surface area contributed by atoms with Crippen molar-refractivity contribution < 1.29 is 9.53 Å². The fraction of sp³-hybridized carbons (Fsp3) is 0.500. The van der Waals surface area contributed by atoms with Crippen molar-refractivity contribution in [3.05, 3.63) is 36.0 Å². The van der Waals surface area contributed by atoms with Crippen LogP contribution in [0.1, 0.15) is 46.1 Å². The number of rotatable bonds is 4. The van der Waals surface area contributed by atoms with Crippen LogP contribution < -0.4 is 5.73 Å². The lowest BCUT2D eigenvalue weighted by Crippen LogP contribution is -2.43. The van der Waals surface area contributed by atoms with E-state index in [-0.39, 0.29) is 17.8 Å². The molecule has 2 rings (SSSR count). The molecule has 3 N–H and O–H groups in total. The standard InChI is InChI=1S/C18H26N2O2/c1-11(2)15(16(19)17(21)22-18(3,4)5)13-10-20-14-9-7-6-8-12(13)14/h6-11,15-16,20H,19H2,1-5H3/t15-,16-/m0/s1. The van der Waals surface area contributed by atoms with E-state index in [2.05, 4.69) is 24.9 Å². The van der Waals surface area contributed by atoms with Crippen LogP contribution in [-0.4, -0.2) is 22.6 Å². The zero-order valence-corrected chi connectivity index (χ0v) is 14.0. The summed E-state index contributed by atoms with van der Waals surface area (Å²) in [6.07, 6.45) is 1.96. The molecule has 0 fully saturated rings. The van der Waals surface area contributed by atoms with Gasteiger partial charge in [0.2, 0.25) is 0 Å². The molecule has 120 valence electrons. The summed E-state index contributed by atoms with van der Waals surface area (Å²) in [5, 5.41) is 1.11. The van der Waals surface area contributed by atoms with Gasteiger partial charge in [0.15, 0.2) is 0 Å². The average molecular weight is 302 g/mol. The van der Waals surface area contributed by atoms with Gasteiger partial charge in [-0.1, -0.05) is 32.0 Å². The number of benzene rings is 1. The second-order valence-electron chi connectivity index (χ2n) is 7.12. The van der Waals surface area contributed by atoms with Gasteiger partial charge in [-0.3, -0.25) is 4.79 Å². The first-order valence-corrected chi connectivity index (χ1v) is 7.75. The second-order valence-corrected chi connectivity index (χ2v) is 7.12. The van der Waals surface area contributed by atoms with Crippen molar-refractivity contribution in [1.82, 2.24) is 4.98 Å². The largest absolute Gasteiger partial charge is 0.459 e. The first kappa shape index (κ1) is 16.6. The number of nitrogens with one attached hydrogen (secondary N) is 1. The molecule has 1 aromatic heterocycles. The maximum absolute atomic E-state index is 12.4. The third-order valence-corrected chi connectivity index (χ3v) is 3.76. The topological polar surface area (TPSA) is 68.1 Å². The first-order valence-electron chi connectivity index (χ1n) is 7.75. The van der Waals surface area contributed by atoms with E-state index in [0.717, 1.165) is 16.5 Å². The zero-order valence-electron chi connectivity index (χ0n) is 14.0. The SMILES string of the molecule is CC(C)[C@@H](c1c[nH]c2ccccc12)[C@H](N)C(=O)OC(C)(C)C. The molecule has 0 aliphatic carbocycles. The van der Waals surface area contributed by atoms with Crippen molar-refractivity contribution in [1.29, 1.82) is 0 Å². The number of carbonyl (C=O) groups excluding carboxylic acids is 1. The molecule has 4 heteroatoms. The van der Waals surface area contributed by atoms with Gasteiger partial charge in [0.1, 0.15) is 11.6 Å². The van der Waals surface area contributed by atoms with Crippen LogP contribution >= 0.6 is 0 Å². The molecule has 22 heavy (non-hydrogen) atoms. The van der Waals surface area contributed by atoms with Crippen LogP contribution in [0.25, 0.3) is 10.9 Å². The molecule has 0 aliphatic heterocycles. The molecule has 0 amide bonds. The molecule has 0 spiro atoms. The quantitative estimate of drug-likeness (QED) is 0.848. The number of hydrogen-bond acceptors (Lipinski definition) is 3. The van der Waals surface area contributed by atoms with Crippen LogP contribution in [0.15, 0.2) is 30.5 Å². The number of hydrogen-bond donors (Lipinski definition) is 2. The normalized spacial score (nSPS) is 15.0. The van der Waals surface area contributed by atoms with Crippen molar-refractivity contribution in [3.8, 4) is 0 Å². The summed E-state index contributed by atoms with van der Waals surface area (Å²) < 4.78 is 5.47. The molecule has 2 atom stereocenters. The Kier molecular flexibility index (Phi) is 4.61. The number of ether oxygens (including phenoxy) is 1. The third kappa shape index (κ3) is 3.50. The van der Waals surface area contributed by atoms with Gasteiger partial charge in [-0.05, 0) is 38.3 Å². The van der Waals surface area contributed by atoms with E-state index >= 15 is 0 Å². The highest BCUT2D eigenvalue weighted by Crippen LogP contribution is 2.33. The summed E-state index contributed by atoms with van der Waals surface area (Å²) in [6.45, 7) is 9.72. The first-order chi connectivity index (χ1) is 10.2. The molecule has 0 bridgehead atoms. The molecule has 2 aromatic rings. The average Bonchev–Trinajstić information content (AvgIpc) is 2.81. The lowest BCUT2D eigenvalue weighted by molar-refractivity contribution is -0.157. The Hall–Kier alpha value is -1.81. The van der Waals surface area contributed by atoms with Gasteiger partial charge in [-0.2, -0.15) is 0 Å². The van der Waals surface area contributed by atoms with E-state index in [9.17, 15) is 4.79 Å². The van der Waals surface area contributed by atoms with Crippen molar-refractivity contribution in [2.45, 2.75) is 52.2 Å². The van der Waals surface area contributed by atoms with Gasteiger partial charge in [-0.25, -0.2) is 0 Å². The number of para-hydroxylation sites is 1. The molecule has 4 nitrogen and oxygen atoms in total. The Morgan fingerprint density at radius 1 is 1.23 bits per heavy atom. The van der Waals surface area contributed by atoms with E-state index < -0.39 is 11.6 Å². The number of nitrogens with two attached hydrogens (primary N) is 1. The highest BCUT2D eigenvalue weighted by molar-refractivity contribution is 5.85. The van der Waals surface area contributed by atoms with E-state index in [1.165, 1.54) is 0 Å². The second kappa shape index (κ2) is 6.13. The van der Waals surface area contributed by atoms with Crippen LogP contribution in [0.2, 0.25) is 0 Å². The van der Waals surface area contributed by atoms with Gasteiger partial charge in [0, 0.05) is 23.0 Å². The Morgan fingerprint density at radius 3 is 2.45 bits per heavy atom. The molecule has 1 aromatic carbocycles. The van der Waals surface area contributed by atoms with Crippen LogP contribution in [0.5, 0.6) is 0 Å². The van der Waals surface area contributed by atoms with Crippen molar-refractivity contribution in [2.75, 3.05) is 0 Å². The molecule has 0 aliphatic rings. The molecule has 0 radical (unpaired) electrons. The Bertz CT molecular complexity index is 652. The van der Waals surface area contributed by atoms with Crippen LogP contribution in [0.4, 0.5) is 0 Å². The maximum Gasteiger partial charge on any atom is 0.324 e. The van der Waals surface area contributed by atoms with Gasteiger partial charge >= 0.3 is 5.97 Å². The van der Waals surface area contributed by atoms with E-state index in [1.807, 2.05) is 45.2 Å². The highest BCUT2D eigenvalue weighted by atomic mass is 16.6. The maximum atomic E-state index is 12.4. The minimum Gasteiger partial charge on any atom is -0.459 e. The Balaban J connectivity index is 2.36. The predicted molar refractivity (Wildman–Crippen MR) is 89.7 cm³/mol. The van der Waals surface area contributed by atoms with Crippen LogP contribution in [0, 0.1) is 5.92 Å². The number of aromatic amines is 1. The molecule has 0 saturated heterocycles. The summed E-state index contributed by atoms with van der Waals surface area (Å²) in [5.74, 6) is -0.218. The Labute approximate surface area is 132 Å². The number of fused-ring (bicyclic) bond motifs is 1. The predicted octanol–water partition coefficient (Wildman–Crippen LogP) is 3.58. The van der Waals surface area contributed by atoms with E-state index in [4.69, 9.17) is 10.5 Å². The van der Waals surface area contributed by atoms with Gasteiger partial charge < -0.3 is 15.5 Å². The lowest BCUT2D eigenvalue weighted by atomic mass is 9.82. The number of H-pyrrole nitrogens is 1. The van der Waals surface area contributed by atoms with Gasteiger partial charge in [-0.15, -0.1) is 0 Å². The fourth-order valence-electron chi connectivity index (χ4n) is 2.85. The molecule has 1 heterocycles. The summed E-state index contributed by atoms with van der Waals surface area (Å²) >= 11 is 0. The molecule has 0 unspecified atom stereocenters. The van der Waals surface area contributed by atoms with E-state index in [1.54, 1.807) is 0 Å². The molecular formula is C18H26N2O2. The van der Waals surface area contributed by atoms with Gasteiger partial charge in [0.25, 0.3) is 0 Å². The number of carbonyl (C=O) groups is 1. The van der Waals surface area contributed by atoms with Crippen LogP contribution in [0.3, 0.4) is 0 Å². The van der Waals surface area contributed by atoms with E-state index in [0.29, 0.717) is 0 Å². The fourth-order valence-corrected chi connectivity index (χ4v) is 2.85.